The Balaban J connectivity index is 1.51. The molecule has 3 aliphatic rings. The number of carbonyl (C=O) groups is 1. The van der Waals surface area contributed by atoms with E-state index in [0.717, 1.165) is 37.7 Å². The molecule has 4 rings (SSSR count). The SMILES string of the molecule is O=C(O)N[C@@H](Cc1ccccc1)[C@@H](O)C(NOC1CCCCC1)[C@@H]1CO[C@H]2OCC[C@H]21. The molecule has 1 unspecified atom stereocenters. The molecule has 1 amide bonds. The molecule has 6 atom stereocenters. The van der Waals surface area contributed by atoms with Crippen LogP contribution in [0.3, 0.4) is 0 Å². The minimum atomic E-state index is -1.16. The second-order valence-corrected chi connectivity index (χ2v) is 8.95. The van der Waals surface area contributed by atoms with Gasteiger partial charge in [-0.25, -0.2) is 4.79 Å². The summed E-state index contributed by atoms with van der Waals surface area (Å²) in [4.78, 5) is 17.6. The molecule has 2 saturated heterocycles. The van der Waals surface area contributed by atoms with Crippen molar-refractivity contribution < 1.29 is 29.3 Å². The zero-order chi connectivity index (χ0) is 21.6. The maximum Gasteiger partial charge on any atom is 0.404 e. The van der Waals surface area contributed by atoms with Gasteiger partial charge in [0.15, 0.2) is 6.29 Å². The largest absolute Gasteiger partial charge is 0.465 e. The van der Waals surface area contributed by atoms with E-state index < -0.39 is 24.3 Å². The predicted octanol–water partition coefficient (Wildman–Crippen LogP) is 2.46. The van der Waals surface area contributed by atoms with Crippen molar-refractivity contribution in [1.29, 1.82) is 0 Å². The van der Waals surface area contributed by atoms with E-state index >= 15 is 0 Å². The van der Waals surface area contributed by atoms with Gasteiger partial charge in [0.2, 0.25) is 0 Å². The second-order valence-electron chi connectivity index (χ2n) is 8.95. The Morgan fingerprint density at radius 1 is 1.13 bits per heavy atom. The van der Waals surface area contributed by atoms with Gasteiger partial charge in [-0.3, -0.25) is 4.84 Å². The minimum Gasteiger partial charge on any atom is -0.465 e. The molecule has 2 heterocycles. The Kier molecular flexibility index (Phi) is 7.79. The average molecular weight is 435 g/mol. The lowest BCUT2D eigenvalue weighted by atomic mass is 9.82. The average Bonchev–Trinajstić information content (AvgIpc) is 3.39. The zero-order valence-electron chi connectivity index (χ0n) is 17.8. The van der Waals surface area contributed by atoms with Crippen LogP contribution in [0.4, 0.5) is 4.79 Å². The molecule has 8 heteroatoms. The predicted molar refractivity (Wildman–Crippen MR) is 113 cm³/mol. The summed E-state index contributed by atoms with van der Waals surface area (Å²) in [5, 5.41) is 23.4. The fourth-order valence-corrected chi connectivity index (χ4v) is 5.17. The van der Waals surface area contributed by atoms with E-state index in [1.165, 1.54) is 6.42 Å². The van der Waals surface area contributed by atoms with Crippen molar-refractivity contribution in [2.24, 2.45) is 11.8 Å². The van der Waals surface area contributed by atoms with Crippen LogP contribution in [-0.2, 0) is 20.7 Å². The van der Waals surface area contributed by atoms with E-state index in [4.69, 9.17) is 14.3 Å². The fraction of sp³-hybridized carbons (Fsp3) is 0.696. The number of ether oxygens (including phenoxy) is 2. The highest BCUT2D eigenvalue weighted by Crippen LogP contribution is 2.38. The number of nitrogens with one attached hydrogen (secondary N) is 2. The zero-order valence-corrected chi connectivity index (χ0v) is 17.8. The molecular weight excluding hydrogens is 400 g/mol. The van der Waals surface area contributed by atoms with Crippen LogP contribution in [0.25, 0.3) is 0 Å². The lowest BCUT2D eigenvalue weighted by Crippen LogP contribution is -2.58. The first kappa shape index (κ1) is 22.5. The third kappa shape index (κ3) is 5.75. The molecule has 2 aliphatic heterocycles. The van der Waals surface area contributed by atoms with Crippen LogP contribution in [0.2, 0.25) is 0 Å². The molecule has 8 nitrogen and oxygen atoms in total. The van der Waals surface area contributed by atoms with Gasteiger partial charge in [-0.05, 0) is 31.2 Å². The van der Waals surface area contributed by atoms with Crippen LogP contribution in [0.15, 0.2) is 30.3 Å². The van der Waals surface area contributed by atoms with E-state index in [-0.39, 0.29) is 24.2 Å². The number of benzene rings is 1. The van der Waals surface area contributed by atoms with Crippen molar-refractivity contribution in [1.82, 2.24) is 10.8 Å². The number of fused-ring (bicyclic) bond motifs is 1. The van der Waals surface area contributed by atoms with Crippen LogP contribution >= 0.6 is 0 Å². The molecule has 172 valence electrons. The highest BCUT2D eigenvalue weighted by molar-refractivity contribution is 5.65. The molecule has 31 heavy (non-hydrogen) atoms. The molecule has 1 aliphatic carbocycles. The van der Waals surface area contributed by atoms with Gasteiger partial charge in [-0.15, -0.1) is 0 Å². The number of hydroxylamine groups is 1. The van der Waals surface area contributed by atoms with Gasteiger partial charge in [0.1, 0.15) is 0 Å². The third-order valence-corrected chi connectivity index (χ3v) is 6.86. The maximum absolute atomic E-state index is 11.5. The quantitative estimate of drug-likeness (QED) is 0.442. The first-order valence-electron chi connectivity index (χ1n) is 11.5. The van der Waals surface area contributed by atoms with Gasteiger partial charge >= 0.3 is 6.09 Å². The molecule has 0 radical (unpaired) electrons. The molecule has 0 aromatic heterocycles. The summed E-state index contributed by atoms with van der Waals surface area (Å²) in [7, 11) is 0. The summed E-state index contributed by atoms with van der Waals surface area (Å²) >= 11 is 0. The summed E-state index contributed by atoms with van der Waals surface area (Å²) in [5.74, 6) is 0.129. The fourth-order valence-electron chi connectivity index (χ4n) is 5.17. The Morgan fingerprint density at radius 2 is 1.90 bits per heavy atom. The Labute approximate surface area is 183 Å². The lowest BCUT2D eigenvalue weighted by Gasteiger charge is -2.36. The van der Waals surface area contributed by atoms with Crippen molar-refractivity contribution in [3.05, 3.63) is 35.9 Å². The van der Waals surface area contributed by atoms with Crippen molar-refractivity contribution in [2.45, 2.75) is 75.5 Å². The van der Waals surface area contributed by atoms with E-state index in [1.54, 1.807) is 0 Å². The van der Waals surface area contributed by atoms with E-state index in [2.05, 4.69) is 10.8 Å². The van der Waals surface area contributed by atoms with Gasteiger partial charge in [-0.1, -0.05) is 49.6 Å². The lowest BCUT2D eigenvalue weighted by molar-refractivity contribution is -0.101. The van der Waals surface area contributed by atoms with Crippen LogP contribution in [-0.4, -0.2) is 60.1 Å². The number of hydrogen-bond acceptors (Lipinski definition) is 6. The number of rotatable bonds is 9. The minimum absolute atomic E-state index is 0.0278. The molecule has 0 spiro atoms. The van der Waals surface area contributed by atoms with E-state index in [9.17, 15) is 15.0 Å². The van der Waals surface area contributed by atoms with Crippen molar-refractivity contribution in [3.8, 4) is 0 Å². The number of carboxylic acid groups (broad SMARTS) is 1. The Morgan fingerprint density at radius 3 is 2.65 bits per heavy atom. The van der Waals surface area contributed by atoms with Crippen molar-refractivity contribution in [2.75, 3.05) is 13.2 Å². The van der Waals surface area contributed by atoms with Gasteiger partial charge in [-0.2, -0.15) is 5.48 Å². The molecule has 0 bridgehead atoms. The summed E-state index contributed by atoms with van der Waals surface area (Å²) in [5.41, 5.74) is 4.12. The highest BCUT2D eigenvalue weighted by Gasteiger charge is 2.48. The van der Waals surface area contributed by atoms with Gasteiger partial charge in [0.25, 0.3) is 0 Å². The number of amides is 1. The maximum atomic E-state index is 11.5. The molecule has 1 saturated carbocycles. The van der Waals surface area contributed by atoms with Crippen LogP contribution in [0.5, 0.6) is 0 Å². The summed E-state index contributed by atoms with van der Waals surface area (Å²) < 4.78 is 11.5. The van der Waals surface area contributed by atoms with E-state index in [1.807, 2.05) is 30.3 Å². The van der Waals surface area contributed by atoms with Crippen molar-refractivity contribution in [3.63, 3.8) is 0 Å². The molecule has 1 aromatic carbocycles. The topological polar surface area (TPSA) is 109 Å². The van der Waals surface area contributed by atoms with Crippen molar-refractivity contribution >= 4 is 6.09 Å². The van der Waals surface area contributed by atoms with Crippen LogP contribution < -0.4 is 10.8 Å². The normalized spacial score (nSPS) is 29.3. The molecule has 1 aromatic rings. The molecule has 3 fully saturated rings. The number of hydrogen-bond donors (Lipinski definition) is 4. The molecular formula is C23H34N2O6. The molecule has 4 N–H and O–H groups in total. The first-order valence-corrected chi connectivity index (χ1v) is 11.5. The standard InChI is InChI=1S/C23H34N2O6/c26-21(19(24-23(27)28)13-15-7-3-1-4-8-15)20(25-31-16-9-5-2-6-10-16)18-14-30-22-17(18)11-12-29-22/h1,3-4,7-8,16-22,24-26H,2,5-6,9-14H2,(H,27,28)/t17-,18+,19-,20?,21+,22+/m0/s1. The summed E-state index contributed by atoms with van der Waals surface area (Å²) in [6.07, 6.45) is 4.45. The Bertz CT molecular complexity index is 699. The monoisotopic (exact) mass is 434 g/mol. The van der Waals surface area contributed by atoms with E-state index in [0.29, 0.717) is 19.6 Å². The second kappa shape index (κ2) is 10.7. The van der Waals surface area contributed by atoms with Gasteiger partial charge in [0.05, 0.1) is 37.5 Å². The van der Waals surface area contributed by atoms with Crippen LogP contribution in [0.1, 0.15) is 44.1 Å². The Hall–Kier alpha value is -1.71. The van der Waals surface area contributed by atoms with Gasteiger partial charge < -0.3 is 25.0 Å². The summed E-state index contributed by atoms with van der Waals surface area (Å²) in [6, 6.07) is 8.44. The highest BCUT2D eigenvalue weighted by atomic mass is 16.7. The summed E-state index contributed by atoms with van der Waals surface area (Å²) in [6.45, 7) is 1.09. The van der Waals surface area contributed by atoms with Gasteiger partial charge in [0, 0.05) is 11.8 Å². The third-order valence-electron chi connectivity index (χ3n) is 6.86. The smallest absolute Gasteiger partial charge is 0.404 e. The van der Waals surface area contributed by atoms with Crippen LogP contribution in [0, 0.1) is 11.8 Å². The first-order chi connectivity index (χ1) is 15.1. The number of aliphatic hydroxyl groups is 1. The number of aliphatic hydroxyl groups excluding tert-OH is 1.